The quantitative estimate of drug-likeness (QED) is 0.0446. The Kier molecular flexibility index (Phi) is 30.4. The van der Waals surface area contributed by atoms with E-state index in [0.29, 0.717) is 88.6 Å². The first-order valence-corrected chi connectivity index (χ1v) is 20.8. The fraction of sp³-hybridized carbons (Fsp3) is 0.878. The highest BCUT2D eigenvalue weighted by molar-refractivity contribution is 5.92. The van der Waals surface area contributed by atoms with Crippen LogP contribution in [0.3, 0.4) is 0 Å². The molecule has 0 aromatic carbocycles. The molecule has 4 unspecified atom stereocenters. The van der Waals surface area contributed by atoms with Gasteiger partial charge in [0, 0.05) is 39.4 Å². The van der Waals surface area contributed by atoms with E-state index >= 15 is 0 Å². The smallest absolute Gasteiger partial charge is 0.243 e. The number of nitrogens with one attached hydrogen (secondary N) is 5. The Bertz CT molecular complexity index is 943. The molecule has 5 amide bonds. The zero-order valence-corrected chi connectivity index (χ0v) is 33.9. The molecule has 5 N–H and O–H groups in total. The van der Waals surface area contributed by atoms with E-state index in [2.05, 4.69) is 68.1 Å². The lowest BCUT2D eigenvalue weighted by Crippen LogP contribution is -2.53. The van der Waals surface area contributed by atoms with Crippen LogP contribution in [0.15, 0.2) is 0 Å². The van der Waals surface area contributed by atoms with Gasteiger partial charge in [-0.15, -0.1) is 0 Å². The fourth-order valence-electron chi connectivity index (χ4n) is 6.13. The minimum Gasteiger partial charge on any atom is -0.357 e. The van der Waals surface area contributed by atoms with Gasteiger partial charge in [-0.05, 0) is 75.5 Å². The highest BCUT2D eigenvalue weighted by atomic mass is 16.2. The highest BCUT2D eigenvalue weighted by Gasteiger charge is 2.26. The third-order valence-electron chi connectivity index (χ3n) is 9.90. The number of likely N-dealkylation sites (N-methyl/N-ethyl adjacent to an activating group) is 1. The molecule has 0 heterocycles. The molecule has 298 valence electrons. The molecule has 0 saturated heterocycles. The SMILES string of the molecule is CCCCC(C)CCCCC(=O)NC(CCCCNC(=O)CCCCC(C)CC)C(=O)NC(CCCCNC(=O)CCCCC(C)C)C(=O)NC. The highest BCUT2D eigenvalue weighted by Crippen LogP contribution is 2.16. The van der Waals surface area contributed by atoms with Crippen molar-refractivity contribution in [2.45, 2.75) is 195 Å². The van der Waals surface area contributed by atoms with Crippen LogP contribution in [0.4, 0.5) is 0 Å². The Labute approximate surface area is 312 Å². The summed E-state index contributed by atoms with van der Waals surface area (Å²) in [5.74, 6) is 1.28. The van der Waals surface area contributed by atoms with Crippen LogP contribution in [0.25, 0.3) is 0 Å². The van der Waals surface area contributed by atoms with Crippen LogP contribution in [-0.4, -0.2) is 61.8 Å². The number of carbonyl (C=O) groups excluding carboxylic acids is 5. The van der Waals surface area contributed by atoms with Crippen molar-refractivity contribution in [3.05, 3.63) is 0 Å². The van der Waals surface area contributed by atoms with Gasteiger partial charge in [-0.25, -0.2) is 0 Å². The Hall–Kier alpha value is -2.65. The summed E-state index contributed by atoms with van der Waals surface area (Å²) in [7, 11) is 1.55. The van der Waals surface area contributed by atoms with Crippen LogP contribution >= 0.6 is 0 Å². The molecule has 0 aromatic rings. The van der Waals surface area contributed by atoms with Crippen LogP contribution in [0, 0.1) is 17.8 Å². The number of hydrogen-bond donors (Lipinski definition) is 5. The number of amides is 5. The van der Waals surface area contributed by atoms with Crippen molar-refractivity contribution < 1.29 is 24.0 Å². The Morgan fingerprint density at radius 2 is 0.922 bits per heavy atom. The molecule has 0 aliphatic rings. The lowest BCUT2D eigenvalue weighted by atomic mass is 9.97. The predicted molar refractivity (Wildman–Crippen MR) is 210 cm³/mol. The van der Waals surface area contributed by atoms with Crippen LogP contribution < -0.4 is 26.6 Å². The van der Waals surface area contributed by atoms with Gasteiger partial charge in [0.25, 0.3) is 0 Å². The second-order valence-electron chi connectivity index (χ2n) is 15.4. The Balaban J connectivity index is 4.98. The maximum atomic E-state index is 13.5. The second-order valence-corrected chi connectivity index (χ2v) is 15.4. The average molecular weight is 722 g/mol. The molecule has 51 heavy (non-hydrogen) atoms. The van der Waals surface area contributed by atoms with Crippen LogP contribution in [0.2, 0.25) is 0 Å². The largest absolute Gasteiger partial charge is 0.357 e. The van der Waals surface area contributed by atoms with Crippen molar-refractivity contribution in [2.24, 2.45) is 17.8 Å². The minimum atomic E-state index is -0.764. The van der Waals surface area contributed by atoms with Crippen LogP contribution in [-0.2, 0) is 24.0 Å². The van der Waals surface area contributed by atoms with Crippen molar-refractivity contribution in [2.75, 3.05) is 20.1 Å². The molecule has 0 saturated carbocycles. The second kappa shape index (κ2) is 32.0. The van der Waals surface area contributed by atoms with Gasteiger partial charge in [-0.3, -0.25) is 24.0 Å². The summed E-state index contributed by atoms with van der Waals surface area (Å²) in [4.78, 5) is 63.7. The van der Waals surface area contributed by atoms with Gasteiger partial charge in [0.1, 0.15) is 12.1 Å². The van der Waals surface area contributed by atoms with Gasteiger partial charge < -0.3 is 26.6 Å². The minimum absolute atomic E-state index is 0.0520. The van der Waals surface area contributed by atoms with Crippen LogP contribution in [0.5, 0.6) is 0 Å². The molecule has 0 spiro atoms. The normalized spacial score (nSPS) is 13.6. The maximum absolute atomic E-state index is 13.5. The number of carbonyl (C=O) groups is 5. The van der Waals surface area contributed by atoms with Gasteiger partial charge >= 0.3 is 0 Å². The first-order chi connectivity index (χ1) is 24.4. The van der Waals surface area contributed by atoms with Gasteiger partial charge in [0.2, 0.25) is 29.5 Å². The predicted octanol–water partition coefficient (Wildman–Crippen LogP) is 7.48. The zero-order valence-electron chi connectivity index (χ0n) is 33.9. The monoisotopic (exact) mass is 722 g/mol. The topological polar surface area (TPSA) is 146 Å². The molecular weight excluding hydrogens is 642 g/mol. The third kappa shape index (κ3) is 28.6. The number of rotatable bonds is 33. The molecule has 0 bridgehead atoms. The summed E-state index contributed by atoms with van der Waals surface area (Å²) >= 11 is 0. The summed E-state index contributed by atoms with van der Waals surface area (Å²) in [5.41, 5.74) is 0. The lowest BCUT2D eigenvalue weighted by Gasteiger charge is -2.23. The lowest BCUT2D eigenvalue weighted by molar-refractivity contribution is -0.132. The Morgan fingerprint density at radius 3 is 1.41 bits per heavy atom. The van der Waals surface area contributed by atoms with E-state index in [9.17, 15) is 24.0 Å². The van der Waals surface area contributed by atoms with Crippen molar-refractivity contribution >= 4 is 29.5 Å². The fourth-order valence-corrected chi connectivity index (χ4v) is 6.13. The molecule has 4 atom stereocenters. The molecule has 0 aliphatic heterocycles. The molecule has 0 aliphatic carbocycles. The van der Waals surface area contributed by atoms with Gasteiger partial charge in [-0.2, -0.15) is 0 Å². The molecular formula is C41H79N5O5. The van der Waals surface area contributed by atoms with E-state index in [1.165, 1.54) is 19.3 Å². The van der Waals surface area contributed by atoms with E-state index < -0.39 is 12.1 Å². The summed E-state index contributed by atoms with van der Waals surface area (Å²) < 4.78 is 0. The van der Waals surface area contributed by atoms with Gasteiger partial charge in [0.05, 0.1) is 0 Å². The summed E-state index contributed by atoms with van der Waals surface area (Å²) in [6, 6.07) is -1.50. The summed E-state index contributed by atoms with van der Waals surface area (Å²) in [6.45, 7) is 14.3. The van der Waals surface area contributed by atoms with E-state index in [4.69, 9.17) is 0 Å². The molecule has 0 rings (SSSR count). The first-order valence-electron chi connectivity index (χ1n) is 20.8. The molecule has 10 heteroatoms. The molecule has 0 radical (unpaired) electrons. The van der Waals surface area contributed by atoms with E-state index in [-0.39, 0.29) is 29.5 Å². The van der Waals surface area contributed by atoms with E-state index in [1.54, 1.807) is 7.05 Å². The van der Waals surface area contributed by atoms with Crippen molar-refractivity contribution in [1.82, 2.24) is 26.6 Å². The standard InChI is InChI=1S/C41H79N5O5/c1-8-10-22-34(6)24-13-16-29-39(49)45-36(26-18-20-31-44-38(48)28-15-12-23-33(5)9-2)41(51)46-35(40(50)42-7)25-17-19-30-43-37(47)27-14-11-21-32(3)4/h32-36H,8-31H2,1-7H3,(H,42,50)(H,43,47)(H,44,48)(H,45,49)(H,46,51). The van der Waals surface area contributed by atoms with Crippen molar-refractivity contribution in [3.8, 4) is 0 Å². The zero-order chi connectivity index (χ0) is 38.3. The molecule has 0 aromatic heterocycles. The third-order valence-corrected chi connectivity index (χ3v) is 9.90. The summed E-state index contributed by atoms with van der Waals surface area (Å²) in [5, 5.41) is 14.4. The van der Waals surface area contributed by atoms with Gasteiger partial charge in [0.15, 0.2) is 0 Å². The maximum Gasteiger partial charge on any atom is 0.243 e. The first kappa shape index (κ1) is 48.3. The van der Waals surface area contributed by atoms with Gasteiger partial charge in [-0.1, -0.05) is 106 Å². The van der Waals surface area contributed by atoms with E-state index in [0.717, 1.165) is 64.2 Å². The van der Waals surface area contributed by atoms with Crippen molar-refractivity contribution in [3.63, 3.8) is 0 Å². The summed E-state index contributed by atoms with van der Waals surface area (Å²) in [6.07, 6.45) is 18.7. The molecule has 0 fully saturated rings. The number of unbranched alkanes of at least 4 members (excludes halogenated alkanes) is 6. The van der Waals surface area contributed by atoms with Crippen molar-refractivity contribution in [1.29, 1.82) is 0 Å². The Morgan fingerprint density at radius 1 is 0.471 bits per heavy atom. The van der Waals surface area contributed by atoms with E-state index in [1.807, 2.05) is 0 Å². The average Bonchev–Trinajstić information content (AvgIpc) is 3.10. The molecule has 10 nitrogen and oxygen atoms in total. The van der Waals surface area contributed by atoms with Crippen LogP contribution in [0.1, 0.15) is 183 Å². The number of hydrogen-bond acceptors (Lipinski definition) is 5.